The van der Waals surface area contributed by atoms with Gasteiger partial charge in [0, 0.05) is 23.0 Å². The average molecular weight is 308 g/mol. The van der Waals surface area contributed by atoms with Gasteiger partial charge < -0.3 is 0 Å². The maximum absolute atomic E-state index is 11.8. The minimum absolute atomic E-state index is 0.331. The van der Waals surface area contributed by atoms with Gasteiger partial charge >= 0.3 is 0 Å². The summed E-state index contributed by atoms with van der Waals surface area (Å²) in [4.78, 5) is 15.7. The summed E-state index contributed by atoms with van der Waals surface area (Å²) in [5, 5.41) is 5.05. The number of rotatable bonds is 3. The number of hydrogen-bond donors (Lipinski definition) is 1. The molecule has 1 N–H and O–H groups in total. The summed E-state index contributed by atoms with van der Waals surface area (Å²) in [7, 11) is 0. The Bertz CT molecular complexity index is 657. The number of carbonyl (C=O) groups excluding carboxylic acids is 1. The molecule has 0 saturated heterocycles. The molecule has 4 nitrogen and oxygen atoms in total. The van der Waals surface area contributed by atoms with Crippen LogP contribution in [-0.2, 0) is 0 Å². The normalized spacial score (nSPS) is 11.2. The molecule has 1 heterocycles. The van der Waals surface area contributed by atoms with E-state index in [9.17, 15) is 4.79 Å². The molecule has 2 rings (SSSR count). The van der Waals surface area contributed by atoms with Gasteiger partial charge in [0.25, 0.3) is 5.91 Å². The summed E-state index contributed by atoms with van der Waals surface area (Å²) in [5.41, 5.74) is 4.19. The molecule has 20 heavy (non-hydrogen) atoms. The third-order valence-electron chi connectivity index (χ3n) is 2.57. The summed E-state index contributed by atoms with van der Waals surface area (Å²) in [6.07, 6.45) is 3.06. The second-order valence-corrected chi connectivity index (χ2v) is 4.85. The molecule has 0 aliphatic rings. The Morgan fingerprint density at radius 2 is 2.10 bits per heavy atom. The molecule has 0 unspecified atom stereocenters. The topological polar surface area (TPSA) is 54.4 Å². The molecular formula is C14H11Cl2N3O. The van der Waals surface area contributed by atoms with E-state index in [0.29, 0.717) is 26.9 Å². The van der Waals surface area contributed by atoms with Gasteiger partial charge in [-0.05, 0) is 31.2 Å². The van der Waals surface area contributed by atoms with Gasteiger partial charge in [-0.15, -0.1) is 0 Å². The van der Waals surface area contributed by atoms with Crippen LogP contribution >= 0.6 is 23.2 Å². The van der Waals surface area contributed by atoms with Gasteiger partial charge in [0.15, 0.2) is 0 Å². The molecule has 0 fully saturated rings. The van der Waals surface area contributed by atoms with Crippen molar-refractivity contribution < 1.29 is 4.79 Å². The minimum atomic E-state index is -0.331. The highest BCUT2D eigenvalue weighted by Gasteiger charge is 2.07. The highest BCUT2D eigenvalue weighted by molar-refractivity contribution is 6.37. The van der Waals surface area contributed by atoms with Crippen LogP contribution in [0.5, 0.6) is 0 Å². The summed E-state index contributed by atoms with van der Waals surface area (Å²) in [5.74, 6) is -0.331. The summed E-state index contributed by atoms with van der Waals surface area (Å²) in [6, 6.07) is 8.43. The molecule has 0 atom stereocenters. The molecule has 102 valence electrons. The largest absolute Gasteiger partial charge is 0.272 e. The smallest absolute Gasteiger partial charge is 0.267 e. The predicted molar refractivity (Wildman–Crippen MR) is 80.4 cm³/mol. The zero-order valence-electron chi connectivity index (χ0n) is 10.6. The molecule has 1 aromatic heterocycles. The average Bonchev–Trinajstić information content (AvgIpc) is 2.45. The molecule has 0 radical (unpaired) electrons. The number of hydrogen-bond acceptors (Lipinski definition) is 3. The highest BCUT2D eigenvalue weighted by Crippen LogP contribution is 2.21. The number of hydrazone groups is 1. The molecular weight excluding hydrogens is 297 g/mol. The van der Waals surface area contributed by atoms with E-state index in [4.69, 9.17) is 23.2 Å². The maximum Gasteiger partial charge on any atom is 0.272 e. The zero-order chi connectivity index (χ0) is 14.5. The van der Waals surface area contributed by atoms with Gasteiger partial charge in [-0.25, -0.2) is 5.43 Å². The summed E-state index contributed by atoms with van der Waals surface area (Å²) in [6.45, 7) is 1.75. The number of benzene rings is 1. The second-order valence-electron chi connectivity index (χ2n) is 4.00. The molecule has 1 amide bonds. The number of halogens is 2. The lowest BCUT2D eigenvalue weighted by Crippen LogP contribution is -2.19. The lowest BCUT2D eigenvalue weighted by molar-refractivity contribution is 0.0954. The van der Waals surface area contributed by atoms with Crippen molar-refractivity contribution in [2.24, 2.45) is 5.10 Å². The maximum atomic E-state index is 11.8. The van der Waals surface area contributed by atoms with E-state index in [-0.39, 0.29) is 5.91 Å². The van der Waals surface area contributed by atoms with Crippen molar-refractivity contribution in [3.8, 4) is 0 Å². The van der Waals surface area contributed by atoms with Gasteiger partial charge in [-0.3, -0.25) is 9.78 Å². The van der Waals surface area contributed by atoms with Crippen LogP contribution in [0.25, 0.3) is 0 Å². The van der Waals surface area contributed by atoms with Crippen molar-refractivity contribution in [3.63, 3.8) is 0 Å². The van der Waals surface area contributed by atoms with Crippen LogP contribution in [0.15, 0.2) is 47.8 Å². The van der Waals surface area contributed by atoms with Crippen LogP contribution in [0, 0.1) is 0 Å². The second kappa shape index (κ2) is 6.50. The standard InChI is InChI=1S/C14H11Cl2N3O/c1-9(12-5-4-11(15)7-13(12)16)18-19-14(20)10-3-2-6-17-8-10/h2-8H,1H3,(H,19,20). The quantitative estimate of drug-likeness (QED) is 0.696. The monoisotopic (exact) mass is 307 g/mol. The first kappa shape index (κ1) is 14.5. The van der Waals surface area contributed by atoms with E-state index in [2.05, 4.69) is 15.5 Å². The van der Waals surface area contributed by atoms with E-state index < -0.39 is 0 Å². The van der Waals surface area contributed by atoms with Crippen LogP contribution in [0.1, 0.15) is 22.8 Å². The van der Waals surface area contributed by atoms with Crippen molar-refractivity contribution >= 4 is 34.8 Å². The van der Waals surface area contributed by atoms with E-state index in [1.54, 1.807) is 43.5 Å². The summed E-state index contributed by atoms with van der Waals surface area (Å²) < 4.78 is 0. The van der Waals surface area contributed by atoms with E-state index in [1.165, 1.54) is 6.20 Å². The van der Waals surface area contributed by atoms with Crippen molar-refractivity contribution in [1.82, 2.24) is 10.4 Å². The van der Waals surface area contributed by atoms with E-state index in [1.807, 2.05) is 0 Å². The molecule has 0 saturated carbocycles. The van der Waals surface area contributed by atoms with Crippen molar-refractivity contribution in [2.75, 3.05) is 0 Å². The van der Waals surface area contributed by atoms with Gasteiger partial charge in [0.05, 0.1) is 16.3 Å². The Morgan fingerprint density at radius 3 is 2.75 bits per heavy atom. The first-order valence-corrected chi connectivity index (χ1v) is 6.53. The number of amides is 1. The third kappa shape index (κ3) is 3.56. The molecule has 0 aliphatic carbocycles. The fraction of sp³-hybridized carbons (Fsp3) is 0.0714. The SMILES string of the molecule is CC(=NNC(=O)c1cccnc1)c1ccc(Cl)cc1Cl. The predicted octanol–water partition coefficient (Wildman–Crippen LogP) is 3.54. The molecule has 2 aromatic rings. The Labute approximate surface area is 126 Å². The van der Waals surface area contributed by atoms with E-state index in [0.717, 1.165) is 0 Å². The summed E-state index contributed by atoms with van der Waals surface area (Å²) >= 11 is 11.9. The zero-order valence-corrected chi connectivity index (χ0v) is 12.1. The van der Waals surface area contributed by atoms with Crippen LogP contribution < -0.4 is 5.43 Å². The lowest BCUT2D eigenvalue weighted by Gasteiger charge is -2.05. The first-order valence-electron chi connectivity index (χ1n) is 5.78. The van der Waals surface area contributed by atoms with Gasteiger partial charge in [0.1, 0.15) is 0 Å². The minimum Gasteiger partial charge on any atom is -0.267 e. The Morgan fingerprint density at radius 1 is 1.30 bits per heavy atom. The third-order valence-corrected chi connectivity index (χ3v) is 3.12. The molecule has 0 aliphatic heterocycles. The molecule has 6 heteroatoms. The fourth-order valence-corrected chi connectivity index (χ4v) is 2.08. The molecule has 0 bridgehead atoms. The van der Waals surface area contributed by atoms with Crippen molar-refractivity contribution in [2.45, 2.75) is 6.92 Å². The number of pyridine rings is 1. The Balaban J connectivity index is 2.13. The van der Waals surface area contributed by atoms with Gasteiger partial charge in [0.2, 0.25) is 0 Å². The Hall–Kier alpha value is -1.91. The number of nitrogens with zero attached hydrogens (tertiary/aromatic N) is 2. The highest BCUT2D eigenvalue weighted by atomic mass is 35.5. The van der Waals surface area contributed by atoms with Crippen LogP contribution in [0.3, 0.4) is 0 Å². The van der Waals surface area contributed by atoms with Crippen LogP contribution in [0.4, 0.5) is 0 Å². The van der Waals surface area contributed by atoms with Crippen molar-refractivity contribution in [1.29, 1.82) is 0 Å². The lowest BCUT2D eigenvalue weighted by atomic mass is 10.1. The van der Waals surface area contributed by atoms with Crippen molar-refractivity contribution in [3.05, 3.63) is 63.9 Å². The van der Waals surface area contributed by atoms with Gasteiger partial charge in [-0.1, -0.05) is 29.3 Å². The molecule has 0 spiro atoms. The fourth-order valence-electron chi connectivity index (χ4n) is 1.54. The number of aromatic nitrogens is 1. The van der Waals surface area contributed by atoms with E-state index >= 15 is 0 Å². The van der Waals surface area contributed by atoms with Crippen LogP contribution in [-0.4, -0.2) is 16.6 Å². The number of nitrogens with one attached hydrogen (secondary N) is 1. The van der Waals surface area contributed by atoms with Crippen LogP contribution in [0.2, 0.25) is 10.0 Å². The van der Waals surface area contributed by atoms with Gasteiger partial charge in [-0.2, -0.15) is 5.10 Å². The molecule has 1 aromatic carbocycles. The first-order chi connectivity index (χ1) is 9.58. The number of carbonyl (C=O) groups is 1. The Kier molecular flexibility index (Phi) is 4.71.